The Morgan fingerprint density at radius 2 is 2.29 bits per heavy atom. The van der Waals surface area contributed by atoms with Crippen molar-refractivity contribution in [2.24, 2.45) is 0 Å². The van der Waals surface area contributed by atoms with Crippen LogP contribution in [0, 0.1) is 6.92 Å². The minimum atomic E-state index is 0.0319. The largest absolute Gasteiger partial charge is 0.456 e. The van der Waals surface area contributed by atoms with Crippen LogP contribution in [0.5, 0.6) is 0 Å². The van der Waals surface area contributed by atoms with Crippen molar-refractivity contribution in [2.75, 3.05) is 11.9 Å². The molecule has 0 N–H and O–H groups in total. The van der Waals surface area contributed by atoms with Crippen molar-refractivity contribution >= 4 is 21.8 Å². The molecule has 2 rings (SSSR count). The van der Waals surface area contributed by atoms with E-state index in [0.717, 1.165) is 30.5 Å². The Bertz CT molecular complexity index is 389. The van der Waals surface area contributed by atoms with Crippen molar-refractivity contribution in [1.29, 1.82) is 0 Å². The minimum absolute atomic E-state index is 0.0319. The predicted molar refractivity (Wildman–Crippen MR) is 70.5 cm³/mol. The molecule has 1 saturated heterocycles. The quantitative estimate of drug-likeness (QED) is 0.785. The number of amides is 1. The van der Waals surface area contributed by atoms with Crippen LogP contribution < -0.4 is 0 Å². The SMILES string of the molecule is Cc1ccc(C(=O)N2CCCCCC2CBr)o1. The number of likely N-dealkylation sites (tertiary alicyclic amines) is 1. The Morgan fingerprint density at radius 3 is 2.94 bits per heavy atom. The summed E-state index contributed by atoms with van der Waals surface area (Å²) in [5.74, 6) is 1.29. The molecule has 1 amide bonds. The first kappa shape index (κ1) is 12.7. The average molecular weight is 300 g/mol. The molecule has 0 radical (unpaired) electrons. The molecule has 2 heterocycles. The monoisotopic (exact) mass is 299 g/mol. The van der Waals surface area contributed by atoms with E-state index < -0.39 is 0 Å². The molecule has 1 aliphatic rings. The summed E-state index contributed by atoms with van der Waals surface area (Å²) in [4.78, 5) is 14.3. The number of rotatable bonds is 2. The van der Waals surface area contributed by atoms with Crippen LogP contribution >= 0.6 is 15.9 Å². The molecule has 1 aliphatic heterocycles. The van der Waals surface area contributed by atoms with Gasteiger partial charge < -0.3 is 9.32 Å². The maximum Gasteiger partial charge on any atom is 0.289 e. The standard InChI is InChI=1S/C13H18BrNO2/c1-10-6-7-12(17-10)13(16)15-8-4-2-3-5-11(15)9-14/h6-7,11H,2-5,8-9H2,1H3. The lowest BCUT2D eigenvalue weighted by atomic mass is 10.1. The third kappa shape index (κ3) is 2.92. The molecule has 1 atom stereocenters. The van der Waals surface area contributed by atoms with E-state index in [9.17, 15) is 4.79 Å². The van der Waals surface area contributed by atoms with E-state index in [1.807, 2.05) is 17.9 Å². The predicted octanol–water partition coefficient (Wildman–Crippen LogP) is 3.37. The Morgan fingerprint density at radius 1 is 1.47 bits per heavy atom. The van der Waals surface area contributed by atoms with Crippen LogP contribution in [0.4, 0.5) is 0 Å². The number of hydrogen-bond donors (Lipinski definition) is 0. The summed E-state index contributed by atoms with van der Waals surface area (Å²) in [5, 5.41) is 0.846. The fourth-order valence-corrected chi connectivity index (χ4v) is 2.97. The molecule has 1 unspecified atom stereocenters. The summed E-state index contributed by atoms with van der Waals surface area (Å²) in [6.45, 7) is 2.70. The minimum Gasteiger partial charge on any atom is -0.456 e. The molecule has 4 heteroatoms. The third-order valence-electron chi connectivity index (χ3n) is 3.27. The lowest BCUT2D eigenvalue weighted by Gasteiger charge is -2.27. The number of carbonyl (C=O) groups excluding carboxylic acids is 1. The lowest BCUT2D eigenvalue weighted by molar-refractivity contribution is 0.0668. The maximum absolute atomic E-state index is 12.3. The molecular formula is C13H18BrNO2. The van der Waals surface area contributed by atoms with Crippen molar-refractivity contribution < 1.29 is 9.21 Å². The second-order valence-corrected chi connectivity index (χ2v) is 5.21. The zero-order valence-corrected chi connectivity index (χ0v) is 11.7. The number of furan rings is 1. The van der Waals surface area contributed by atoms with Gasteiger partial charge in [-0.2, -0.15) is 0 Å². The van der Waals surface area contributed by atoms with E-state index >= 15 is 0 Å². The van der Waals surface area contributed by atoms with Gasteiger partial charge in [0.2, 0.25) is 0 Å². The number of carbonyl (C=O) groups is 1. The van der Waals surface area contributed by atoms with Crippen molar-refractivity contribution in [1.82, 2.24) is 4.90 Å². The summed E-state index contributed by atoms with van der Waals surface area (Å²) >= 11 is 3.51. The Labute approximate surface area is 110 Å². The normalized spacial score (nSPS) is 21.3. The van der Waals surface area contributed by atoms with Crippen LogP contribution in [0.2, 0.25) is 0 Å². The Hall–Kier alpha value is -0.770. The molecular weight excluding hydrogens is 282 g/mol. The maximum atomic E-state index is 12.3. The van der Waals surface area contributed by atoms with Crippen LogP contribution in [0.1, 0.15) is 42.0 Å². The van der Waals surface area contributed by atoms with Gasteiger partial charge in [0.25, 0.3) is 5.91 Å². The van der Waals surface area contributed by atoms with E-state index in [1.54, 1.807) is 6.07 Å². The highest BCUT2D eigenvalue weighted by Crippen LogP contribution is 2.21. The van der Waals surface area contributed by atoms with Gasteiger partial charge >= 0.3 is 0 Å². The highest BCUT2D eigenvalue weighted by atomic mass is 79.9. The van der Waals surface area contributed by atoms with Gasteiger partial charge in [0.05, 0.1) is 0 Å². The van der Waals surface area contributed by atoms with E-state index in [2.05, 4.69) is 15.9 Å². The van der Waals surface area contributed by atoms with E-state index in [4.69, 9.17) is 4.42 Å². The number of hydrogen-bond acceptors (Lipinski definition) is 2. The zero-order chi connectivity index (χ0) is 12.3. The Kier molecular flexibility index (Phi) is 4.26. The van der Waals surface area contributed by atoms with Gasteiger partial charge in [-0.05, 0) is 31.9 Å². The Balaban J connectivity index is 2.15. The van der Waals surface area contributed by atoms with Gasteiger partial charge in [-0.25, -0.2) is 0 Å². The summed E-state index contributed by atoms with van der Waals surface area (Å²) in [7, 11) is 0. The van der Waals surface area contributed by atoms with Crippen LogP contribution in [0.15, 0.2) is 16.5 Å². The molecule has 0 aromatic carbocycles. The van der Waals surface area contributed by atoms with Gasteiger partial charge in [0.15, 0.2) is 5.76 Å². The van der Waals surface area contributed by atoms with Gasteiger partial charge in [0, 0.05) is 17.9 Å². The molecule has 94 valence electrons. The average Bonchev–Trinajstić information content (AvgIpc) is 2.64. The number of aryl methyl sites for hydroxylation is 1. The first-order valence-corrected chi connectivity index (χ1v) is 7.28. The third-order valence-corrected chi connectivity index (χ3v) is 4.01. The molecule has 1 aromatic heterocycles. The van der Waals surface area contributed by atoms with E-state index in [-0.39, 0.29) is 5.91 Å². The number of nitrogens with zero attached hydrogens (tertiary/aromatic N) is 1. The van der Waals surface area contributed by atoms with Gasteiger partial charge in [0.1, 0.15) is 5.76 Å². The topological polar surface area (TPSA) is 33.5 Å². The highest BCUT2D eigenvalue weighted by molar-refractivity contribution is 9.09. The van der Waals surface area contributed by atoms with Crippen molar-refractivity contribution in [3.8, 4) is 0 Å². The summed E-state index contributed by atoms with van der Waals surface area (Å²) in [6.07, 6.45) is 4.59. The molecule has 17 heavy (non-hydrogen) atoms. The van der Waals surface area contributed by atoms with Gasteiger partial charge in [-0.3, -0.25) is 4.79 Å². The lowest BCUT2D eigenvalue weighted by Crippen LogP contribution is -2.40. The zero-order valence-electron chi connectivity index (χ0n) is 10.1. The molecule has 1 aromatic rings. The van der Waals surface area contributed by atoms with Gasteiger partial charge in [-0.1, -0.05) is 28.8 Å². The van der Waals surface area contributed by atoms with Crippen LogP contribution in [-0.4, -0.2) is 28.7 Å². The van der Waals surface area contributed by atoms with Crippen LogP contribution in [0.25, 0.3) is 0 Å². The van der Waals surface area contributed by atoms with Crippen LogP contribution in [0.3, 0.4) is 0 Å². The smallest absolute Gasteiger partial charge is 0.289 e. The second-order valence-electron chi connectivity index (χ2n) is 4.57. The van der Waals surface area contributed by atoms with Crippen molar-refractivity contribution in [3.63, 3.8) is 0 Å². The first-order chi connectivity index (χ1) is 8.22. The highest BCUT2D eigenvalue weighted by Gasteiger charge is 2.27. The summed E-state index contributed by atoms with van der Waals surface area (Å²) in [5.41, 5.74) is 0. The van der Waals surface area contributed by atoms with Crippen LogP contribution in [-0.2, 0) is 0 Å². The van der Waals surface area contributed by atoms with Gasteiger partial charge in [-0.15, -0.1) is 0 Å². The molecule has 0 spiro atoms. The van der Waals surface area contributed by atoms with Crippen molar-refractivity contribution in [3.05, 3.63) is 23.7 Å². The van der Waals surface area contributed by atoms with Crippen molar-refractivity contribution in [2.45, 2.75) is 38.6 Å². The molecule has 1 fully saturated rings. The summed E-state index contributed by atoms with van der Waals surface area (Å²) in [6, 6.07) is 3.91. The number of halogens is 1. The molecule has 0 aliphatic carbocycles. The fraction of sp³-hybridized carbons (Fsp3) is 0.615. The molecule has 0 bridgehead atoms. The fourth-order valence-electron chi connectivity index (χ4n) is 2.30. The second kappa shape index (κ2) is 5.71. The van der Waals surface area contributed by atoms with E-state index in [1.165, 1.54) is 12.8 Å². The first-order valence-electron chi connectivity index (χ1n) is 6.15. The molecule has 0 saturated carbocycles. The molecule has 3 nitrogen and oxygen atoms in total. The van der Waals surface area contributed by atoms with E-state index in [0.29, 0.717) is 11.8 Å². The number of alkyl halides is 1. The summed E-state index contributed by atoms with van der Waals surface area (Å²) < 4.78 is 5.43.